The molecule has 0 fully saturated rings. The molecule has 0 bridgehead atoms. The van der Waals surface area contributed by atoms with Gasteiger partial charge in [-0.3, -0.25) is 4.79 Å². The van der Waals surface area contributed by atoms with Gasteiger partial charge in [0.2, 0.25) is 0 Å². The largest absolute Gasteiger partial charge is 0.626 e. The van der Waals surface area contributed by atoms with Crippen LogP contribution in [0.5, 0.6) is 0 Å². The average molecular weight is 237 g/mol. The first-order valence-electron chi connectivity index (χ1n) is 5.44. The Morgan fingerprint density at radius 2 is 1.65 bits per heavy atom. The van der Waals surface area contributed by atoms with Crippen molar-refractivity contribution >= 4 is 5.97 Å². The summed E-state index contributed by atoms with van der Waals surface area (Å²) in [5.41, 5.74) is 0. The van der Waals surface area contributed by atoms with Crippen molar-refractivity contribution in [1.82, 2.24) is 0 Å². The fourth-order valence-corrected chi connectivity index (χ4v) is 1.39. The topological polar surface area (TPSA) is 75.5 Å². The van der Waals surface area contributed by atoms with Gasteiger partial charge in [0.15, 0.2) is 0 Å². The van der Waals surface area contributed by atoms with Gasteiger partial charge in [0, 0.05) is 6.42 Å². The Labute approximate surface area is 100 Å². The highest BCUT2D eigenvalue weighted by atomic mass is 16.4. The first-order chi connectivity index (χ1) is 8.10. The Hall–Kier alpha value is -1.95. The van der Waals surface area contributed by atoms with E-state index in [1.165, 1.54) is 0 Å². The van der Waals surface area contributed by atoms with Crippen molar-refractivity contribution in [1.29, 1.82) is 0 Å². The fraction of sp³-hybridized carbons (Fsp3) is 0.727. The number of hydrogen-bond donors (Lipinski definition) is 1. The molecule has 0 aliphatic heterocycles. The highest BCUT2D eigenvalue weighted by Crippen LogP contribution is 2.23. The van der Waals surface area contributed by atoms with Crippen molar-refractivity contribution in [2.24, 2.45) is 5.18 Å². The molecule has 0 atom stereocenters. The van der Waals surface area contributed by atoms with Crippen LogP contribution in [0.25, 0.3) is 9.69 Å². The van der Waals surface area contributed by atoms with Crippen LogP contribution in [-0.2, 0) is 4.79 Å². The molecule has 0 aromatic rings. The minimum absolute atomic E-state index is 0.155. The van der Waals surface area contributed by atoms with Gasteiger partial charge in [-0.2, -0.15) is 0 Å². The van der Waals surface area contributed by atoms with Gasteiger partial charge < -0.3 is 5.11 Å². The maximum atomic E-state index is 10.4. The van der Waals surface area contributed by atoms with E-state index in [1.54, 1.807) is 0 Å². The zero-order chi connectivity index (χ0) is 13.1. The first kappa shape index (κ1) is 15.0. The number of carboxylic acids is 1. The van der Waals surface area contributed by atoms with Crippen LogP contribution in [0.15, 0.2) is 5.18 Å². The lowest BCUT2D eigenvalue weighted by Crippen LogP contribution is -2.14. The van der Waals surface area contributed by atoms with Crippen LogP contribution in [-0.4, -0.2) is 16.9 Å². The Kier molecular flexibility index (Phi) is 7.29. The van der Waals surface area contributed by atoms with Crippen LogP contribution in [0.4, 0.5) is 0 Å². The molecular formula is C11H15N3O3. The van der Waals surface area contributed by atoms with Crippen molar-refractivity contribution in [3.8, 4) is 0 Å². The minimum atomic E-state index is -1.78. The van der Waals surface area contributed by atoms with Crippen LogP contribution in [0.1, 0.15) is 44.9 Å². The number of nitrogens with zero attached hydrogens (tertiary/aromatic N) is 3. The van der Waals surface area contributed by atoms with Gasteiger partial charge in [0.1, 0.15) is 11.6 Å². The predicted molar refractivity (Wildman–Crippen MR) is 61.7 cm³/mol. The van der Waals surface area contributed by atoms with Crippen molar-refractivity contribution in [2.45, 2.75) is 50.7 Å². The zero-order valence-electron chi connectivity index (χ0n) is 9.56. The maximum Gasteiger partial charge on any atom is 0.626 e. The highest BCUT2D eigenvalue weighted by Gasteiger charge is 2.45. The molecule has 0 heterocycles. The lowest BCUT2D eigenvalue weighted by atomic mass is 10.1. The van der Waals surface area contributed by atoms with E-state index >= 15 is 0 Å². The van der Waals surface area contributed by atoms with Crippen LogP contribution in [0, 0.1) is 18.1 Å². The molecule has 1 N–H and O–H groups in total. The number of hydrogen-bond acceptors (Lipinski definition) is 3. The Bertz CT molecular complexity index is 327. The molecule has 0 unspecified atom stereocenters. The molecule has 92 valence electrons. The highest BCUT2D eigenvalue weighted by molar-refractivity contribution is 5.66. The van der Waals surface area contributed by atoms with Gasteiger partial charge in [-0.15, -0.1) is 4.91 Å². The van der Waals surface area contributed by atoms with E-state index in [1.807, 2.05) is 0 Å². The molecule has 0 aliphatic carbocycles. The number of unbranched alkanes of at least 4 members (excludes halogenated alkanes) is 4. The van der Waals surface area contributed by atoms with Crippen LogP contribution >= 0.6 is 0 Å². The van der Waals surface area contributed by atoms with Crippen LogP contribution in [0.2, 0.25) is 0 Å². The maximum absolute atomic E-state index is 10.4. The summed E-state index contributed by atoms with van der Waals surface area (Å²) in [6, 6.07) is 0. The summed E-state index contributed by atoms with van der Waals surface area (Å²) < 4.78 is 0. The van der Waals surface area contributed by atoms with E-state index in [2.05, 4.69) is 14.9 Å². The fourth-order valence-electron chi connectivity index (χ4n) is 1.39. The number of rotatable bonds is 9. The third kappa shape index (κ3) is 6.26. The molecule has 0 saturated carbocycles. The summed E-state index contributed by atoms with van der Waals surface area (Å²) in [6.07, 6.45) is 3.98. The van der Waals surface area contributed by atoms with Gasteiger partial charge >= 0.3 is 11.8 Å². The van der Waals surface area contributed by atoms with E-state index < -0.39 is 11.8 Å². The van der Waals surface area contributed by atoms with Gasteiger partial charge in [-0.1, -0.05) is 19.3 Å². The van der Waals surface area contributed by atoms with Gasteiger partial charge in [-0.05, 0) is 12.8 Å². The standard InChI is InChI=1S/C11H15N3O3/c1-12-11(13-2,14-17)9-7-5-3-4-6-8-10(15)16/h3-9H2,(H,15,16). The van der Waals surface area contributed by atoms with E-state index in [0.717, 1.165) is 19.3 Å². The van der Waals surface area contributed by atoms with Crippen LogP contribution in [0.3, 0.4) is 0 Å². The smallest absolute Gasteiger partial charge is 0.481 e. The minimum Gasteiger partial charge on any atom is -0.481 e. The average Bonchev–Trinajstić information content (AvgIpc) is 2.33. The number of carboxylic acid groups (broad SMARTS) is 1. The third-order valence-corrected chi connectivity index (χ3v) is 2.41. The Balaban J connectivity index is 3.65. The molecule has 6 heteroatoms. The van der Waals surface area contributed by atoms with Gasteiger partial charge in [0.25, 0.3) is 0 Å². The molecule has 0 amide bonds. The second-order valence-corrected chi connectivity index (χ2v) is 3.75. The lowest BCUT2D eigenvalue weighted by Gasteiger charge is -2.01. The lowest BCUT2D eigenvalue weighted by molar-refractivity contribution is -0.137. The molecular weight excluding hydrogens is 222 g/mol. The summed E-state index contributed by atoms with van der Waals surface area (Å²) in [4.78, 5) is 26.5. The molecule has 0 saturated heterocycles. The second kappa shape index (κ2) is 8.23. The summed E-state index contributed by atoms with van der Waals surface area (Å²) in [5.74, 6) is -2.57. The zero-order valence-corrected chi connectivity index (χ0v) is 9.56. The number of nitroso groups, excluding NO2 is 1. The van der Waals surface area contributed by atoms with Gasteiger partial charge in [0.05, 0.1) is 0 Å². The predicted octanol–water partition coefficient (Wildman–Crippen LogP) is 3.06. The number of aliphatic carboxylic acids is 1. The Morgan fingerprint density at radius 1 is 1.12 bits per heavy atom. The molecule has 0 aromatic carbocycles. The first-order valence-corrected chi connectivity index (χ1v) is 5.44. The Morgan fingerprint density at radius 3 is 2.12 bits per heavy atom. The van der Waals surface area contributed by atoms with E-state index in [-0.39, 0.29) is 12.8 Å². The summed E-state index contributed by atoms with van der Waals surface area (Å²) >= 11 is 0. The monoisotopic (exact) mass is 237 g/mol. The van der Waals surface area contributed by atoms with Crippen molar-refractivity contribution in [2.75, 3.05) is 0 Å². The van der Waals surface area contributed by atoms with Gasteiger partial charge in [-0.25, -0.2) is 22.8 Å². The molecule has 6 nitrogen and oxygen atoms in total. The molecule has 0 rings (SSSR count). The van der Waals surface area contributed by atoms with Crippen molar-refractivity contribution in [3.63, 3.8) is 0 Å². The van der Waals surface area contributed by atoms with Crippen LogP contribution < -0.4 is 0 Å². The van der Waals surface area contributed by atoms with E-state index in [4.69, 9.17) is 18.3 Å². The molecule has 0 spiro atoms. The quantitative estimate of drug-likeness (QED) is 0.380. The summed E-state index contributed by atoms with van der Waals surface area (Å²) in [6.45, 7) is 13.5. The molecule has 17 heavy (non-hydrogen) atoms. The SMILES string of the molecule is [C-]#[N+]C(CCCCCCCC(=O)O)(N=O)[N+]#[C-]. The molecule has 0 aromatic heterocycles. The number of carbonyl (C=O) groups is 1. The second-order valence-electron chi connectivity index (χ2n) is 3.75. The normalized spacial score (nSPS) is 10.2. The molecule has 0 aliphatic rings. The van der Waals surface area contributed by atoms with Crippen molar-refractivity contribution in [3.05, 3.63) is 27.7 Å². The summed E-state index contributed by atoms with van der Waals surface area (Å²) in [7, 11) is 0. The summed E-state index contributed by atoms with van der Waals surface area (Å²) in [5, 5.41) is 11.0. The molecule has 0 radical (unpaired) electrons. The van der Waals surface area contributed by atoms with E-state index in [0.29, 0.717) is 12.8 Å². The van der Waals surface area contributed by atoms with E-state index in [9.17, 15) is 9.70 Å². The third-order valence-electron chi connectivity index (χ3n) is 2.41. The van der Waals surface area contributed by atoms with Crippen molar-refractivity contribution < 1.29 is 9.90 Å².